The van der Waals surface area contributed by atoms with Gasteiger partial charge in [0.15, 0.2) is 24.6 Å². The summed E-state index contributed by atoms with van der Waals surface area (Å²) >= 11 is 0. The van der Waals surface area contributed by atoms with Crippen LogP contribution >= 0.6 is 0 Å². The Hall–Kier alpha value is -4.88. The van der Waals surface area contributed by atoms with Crippen molar-refractivity contribution in [3.63, 3.8) is 0 Å². The smallest absolute Gasteiger partial charge is 0.338 e. The summed E-state index contributed by atoms with van der Waals surface area (Å²) in [5.41, 5.74) is 1.33. The molecular formula is C35H32O11S. The Bertz CT molecular complexity index is 1760. The fraction of sp³-hybridized carbons (Fsp3) is 0.229. The normalized spacial score (nSPS) is 20.9. The van der Waals surface area contributed by atoms with E-state index in [0.717, 1.165) is 5.56 Å². The third-order valence-electron chi connectivity index (χ3n) is 7.28. The van der Waals surface area contributed by atoms with Gasteiger partial charge in [0.1, 0.15) is 6.10 Å². The largest absolute Gasteiger partial charge is 0.452 e. The summed E-state index contributed by atoms with van der Waals surface area (Å²) in [6.07, 6.45) is -7.34. The predicted molar refractivity (Wildman–Crippen MR) is 167 cm³/mol. The maximum atomic E-state index is 13.4. The molecule has 5 rings (SSSR count). The molecule has 0 N–H and O–H groups in total. The SMILES string of the molecule is COC1OC(COS(=O)(=O)c2ccc(C)cc2)C(OC(=O)c2ccccc2)C(OC(=O)c2ccccc2)C1OC(=O)c1ccccc1. The van der Waals surface area contributed by atoms with Gasteiger partial charge in [-0.05, 0) is 55.5 Å². The average Bonchev–Trinajstić information content (AvgIpc) is 3.10. The summed E-state index contributed by atoms with van der Waals surface area (Å²) < 4.78 is 60.8. The molecule has 4 aromatic carbocycles. The van der Waals surface area contributed by atoms with Crippen molar-refractivity contribution in [3.8, 4) is 0 Å². The Morgan fingerprint density at radius 3 is 1.49 bits per heavy atom. The summed E-state index contributed by atoms with van der Waals surface area (Å²) in [7, 11) is -3.05. The Kier molecular flexibility index (Phi) is 10.8. The molecule has 1 heterocycles. The molecule has 4 aromatic rings. The van der Waals surface area contributed by atoms with Gasteiger partial charge >= 0.3 is 17.9 Å². The zero-order valence-electron chi connectivity index (χ0n) is 25.5. The number of hydrogen-bond acceptors (Lipinski definition) is 11. The molecular weight excluding hydrogens is 628 g/mol. The first-order valence-corrected chi connectivity index (χ1v) is 16.0. The van der Waals surface area contributed by atoms with Crippen molar-refractivity contribution in [2.45, 2.75) is 42.5 Å². The Morgan fingerprint density at radius 1 is 0.617 bits per heavy atom. The number of rotatable bonds is 11. The van der Waals surface area contributed by atoms with Crippen molar-refractivity contribution in [1.29, 1.82) is 0 Å². The highest BCUT2D eigenvalue weighted by molar-refractivity contribution is 7.86. The van der Waals surface area contributed by atoms with Gasteiger partial charge in [-0.3, -0.25) is 4.18 Å². The van der Waals surface area contributed by atoms with Crippen LogP contribution in [0.2, 0.25) is 0 Å². The molecule has 5 atom stereocenters. The molecule has 0 bridgehead atoms. The minimum Gasteiger partial charge on any atom is -0.452 e. The second kappa shape index (κ2) is 15.1. The topological polar surface area (TPSA) is 141 Å². The lowest BCUT2D eigenvalue weighted by molar-refractivity contribution is -0.290. The monoisotopic (exact) mass is 660 g/mol. The van der Waals surface area contributed by atoms with E-state index in [1.54, 1.807) is 66.7 Å². The fourth-order valence-electron chi connectivity index (χ4n) is 4.83. The van der Waals surface area contributed by atoms with Gasteiger partial charge in [-0.25, -0.2) is 14.4 Å². The molecule has 0 aromatic heterocycles. The van der Waals surface area contributed by atoms with E-state index in [2.05, 4.69) is 0 Å². The number of ether oxygens (including phenoxy) is 5. The van der Waals surface area contributed by atoms with Crippen molar-refractivity contribution in [2.24, 2.45) is 0 Å². The molecule has 0 amide bonds. The molecule has 1 aliphatic heterocycles. The fourth-order valence-corrected chi connectivity index (χ4v) is 5.75. The van der Waals surface area contributed by atoms with Crippen molar-refractivity contribution in [2.75, 3.05) is 13.7 Å². The van der Waals surface area contributed by atoms with E-state index < -0.39 is 65.3 Å². The van der Waals surface area contributed by atoms with Crippen LogP contribution in [0.3, 0.4) is 0 Å². The molecule has 12 heteroatoms. The van der Waals surface area contributed by atoms with Crippen molar-refractivity contribution < 1.29 is 50.7 Å². The van der Waals surface area contributed by atoms with Gasteiger partial charge in [0, 0.05) is 7.11 Å². The van der Waals surface area contributed by atoms with Gasteiger partial charge in [0.25, 0.3) is 10.1 Å². The predicted octanol–water partition coefficient (Wildman–Crippen LogP) is 4.75. The van der Waals surface area contributed by atoms with Crippen LogP contribution in [-0.4, -0.2) is 70.7 Å². The summed E-state index contributed by atoms with van der Waals surface area (Å²) in [4.78, 5) is 40.0. The Balaban J connectivity index is 1.52. The van der Waals surface area contributed by atoms with Crippen LogP contribution in [0.5, 0.6) is 0 Å². The van der Waals surface area contributed by atoms with Gasteiger partial charge in [-0.2, -0.15) is 8.42 Å². The quantitative estimate of drug-likeness (QED) is 0.125. The summed E-state index contributed by atoms with van der Waals surface area (Å²) in [5.74, 6) is -2.47. The molecule has 0 saturated carbocycles. The molecule has 1 fully saturated rings. The minimum absolute atomic E-state index is 0.109. The van der Waals surface area contributed by atoms with Crippen molar-refractivity contribution in [3.05, 3.63) is 138 Å². The van der Waals surface area contributed by atoms with Gasteiger partial charge in [-0.15, -0.1) is 0 Å². The van der Waals surface area contributed by atoms with E-state index in [-0.39, 0.29) is 21.6 Å². The lowest BCUT2D eigenvalue weighted by Gasteiger charge is -2.44. The van der Waals surface area contributed by atoms with E-state index in [1.807, 2.05) is 6.92 Å². The lowest BCUT2D eigenvalue weighted by atomic mass is 9.97. The minimum atomic E-state index is -4.31. The maximum Gasteiger partial charge on any atom is 0.338 e. The number of carbonyl (C=O) groups is 3. The molecule has 5 unspecified atom stereocenters. The standard InChI is InChI=1S/C35H32O11S/c1-23-18-20-27(21-19-23)47(39,40)42-22-28-29(44-32(36)24-12-6-3-7-13-24)30(45-33(37)25-14-8-4-9-15-25)31(35(41-2)43-28)46-34(38)26-16-10-5-11-17-26/h3-21,28-31,35H,22H2,1-2H3. The van der Waals surface area contributed by atoms with Crippen molar-refractivity contribution >= 4 is 28.0 Å². The summed E-state index contributed by atoms with van der Waals surface area (Å²) in [6.45, 7) is 1.13. The first-order chi connectivity index (χ1) is 22.7. The molecule has 0 aliphatic carbocycles. The van der Waals surface area contributed by atoms with Crippen LogP contribution in [0, 0.1) is 6.92 Å². The van der Waals surface area contributed by atoms with E-state index in [9.17, 15) is 22.8 Å². The molecule has 244 valence electrons. The third-order valence-corrected chi connectivity index (χ3v) is 8.57. The van der Waals surface area contributed by atoms with Crippen LogP contribution in [0.15, 0.2) is 120 Å². The third kappa shape index (κ3) is 8.29. The molecule has 1 aliphatic rings. The first-order valence-electron chi connectivity index (χ1n) is 14.6. The Labute approximate surface area is 272 Å². The van der Waals surface area contributed by atoms with E-state index >= 15 is 0 Å². The van der Waals surface area contributed by atoms with E-state index in [4.69, 9.17) is 27.9 Å². The van der Waals surface area contributed by atoms with E-state index in [0.29, 0.717) is 0 Å². The summed E-state index contributed by atoms with van der Waals surface area (Å²) in [6, 6.07) is 30.0. The average molecular weight is 661 g/mol. The van der Waals surface area contributed by atoms with Crippen LogP contribution in [0.1, 0.15) is 36.6 Å². The zero-order valence-corrected chi connectivity index (χ0v) is 26.3. The number of esters is 3. The van der Waals surface area contributed by atoms with Crippen LogP contribution in [0.25, 0.3) is 0 Å². The number of carbonyl (C=O) groups excluding carboxylic acids is 3. The van der Waals surface area contributed by atoms with Gasteiger partial charge in [-0.1, -0.05) is 72.3 Å². The van der Waals surface area contributed by atoms with Gasteiger partial charge in [0.05, 0.1) is 28.2 Å². The van der Waals surface area contributed by atoms with Crippen molar-refractivity contribution in [1.82, 2.24) is 0 Å². The molecule has 47 heavy (non-hydrogen) atoms. The highest BCUT2D eigenvalue weighted by atomic mass is 32.2. The number of hydrogen-bond donors (Lipinski definition) is 0. The Morgan fingerprint density at radius 2 is 1.04 bits per heavy atom. The molecule has 0 radical (unpaired) electrons. The summed E-state index contributed by atoms with van der Waals surface area (Å²) in [5, 5.41) is 0. The second-order valence-corrected chi connectivity index (χ2v) is 12.2. The lowest BCUT2D eigenvalue weighted by Crippen LogP contribution is -2.63. The second-order valence-electron chi connectivity index (χ2n) is 10.5. The van der Waals surface area contributed by atoms with Crippen LogP contribution in [0.4, 0.5) is 0 Å². The van der Waals surface area contributed by atoms with Crippen LogP contribution in [-0.2, 0) is 38.0 Å². The van der Waals surface area contributed by atoms with Gasteiger partial charge in [0.2, 0.25) is 0 Å². The zero-order chi connectivity index (χ0) is 33.4. The number of methoxy groups -OCH3 is 1. The van der Waals surface area contributed by atoms with Crippen LogP contribution < -0.4 is 0 Å². The van der Waals surface area contributed by atoms with E-state index in [1.165, 1.54) is 55.6 Å². The number of aryl methyl sites for hydroxylation is 1. The highest BCUT2D eigenvalue weighted by Crippen LogP contribution is 2.32. The molecule has 0 spiro atoms. The van der Waals surface area contributed by atoms with Gasteiger partial charge < -0.3 is 23.7 Å². The maximum absolute atomic E-state index is 13.4. The molecule has 1 saturated heterocycles. The first kappa shape index (κ1) is 33.5. The number of benzene rings is 4. The molecule has 11 nitrogen and oxygen atoms in total. The highest BCUT2D eigenvalue weighted by Gasteiger charge is 2.53.